The minimum Gasteiger partial charge on any atom is -0.305 e. The molecule has 1 aromatic carbocycles. The summed E-state index contributed by atoms with van der Waals surface area (Å²) >= 11 is 1.48. The molecule has 21 heavy (non-hydrogen) atoms. The highest BCUT2D eigenvalue weighted by molar-refractivity contribution is 7.03. The Labute approximate surface area is 129 Å². The molecule has 2 aromatic rings. The van der Waals surface area contributed by atoms with Crippen molar-refractivity contribution in [1.29, 1.82) is 0 Å². The van der Waals surface area contributed by atoms with Crippen molar-refractivity contribution in [2.75, 3.05) is 13.6 Å². The number of hydrogen-bond acceptors (Lipinski definition) is 4. The normalized spacial score (nSPS) is 24.3. The molecule has 3 nitrogen and oxygen atoms in total. The van der Waals surface area contributed by atoms with Crippen LogP contribution < -0.4 is 5.32 Å². The number of likely N-dealkylation sites (N-methyl/N-ethyl adjacent to an activating group) is 1. The predicted molar refractivity (Wildman–Crippen MR) is 83.8 cm³/mol. The fraction of sp³-hybridized carbons (Fsp3) is 0.438. The van der Waals surface area contributed by atoms with Gasteiger partial charge in [-0.25, -0.2) is 8.76 Å². The molecule has 0 spiro atoms. The summed E-state index contributed by atoms with van der Waals surface area (Å²) in [6.07, 6.45) is 3.02. The Kier molecular flexibility index (Phi) is 4.33. The van der Waals surface area contributed by atoms with Crippen molar-refractivity contribution in [3.63, 3.8) is 0 Å². The highest BCUT2D eigenvalue weighted by Gasteiger charge is 2.33. The minimum absolute atomic E-state index is 0.179. The number of rotatable bonds is 4. The van der Waals surface area contributed by atoms with Crippen LogP contribution in [0.4, 0.5) is 4.39 Å². The summed E-state index contributed by atoms with van der Waals surface area (Å²) in [5, 5.41) is 5.79. The molecule has 5 heteroatoms. The molecular formula is C16H20FN3S. The molecule has 3 rings (SSSR count). The van der Waals surface area contributed by atoms with Crippen LogP contribution in [0.15, 0.2) is 35.8 Å². The third-order valence-electron chi connectivity index (χ3n) is 4.28. The zero-order chi connectivity index (χ0) is 14.8. The Morgan fingerprint density at radius 2 is 2.14 bits per heavy atom. The quantitative estimate of drug-likeness (QED) is 0.938. The van der Waals surface area contributed by atoms with E-state index in [0.29, 0.717) is 12.1 Å². The molecule has 112 valence electrons. The van der Waals surface area contributed by atoms with Crippen molar-refractivity contribution in [3.8, 4) is 0 Å². The molecule has 2 heterocycles. The standard InChI is InChI=1S/C16H20FN3S/c1-11(13-9-18-21-10-13)19-15-7-8-20(2)16(15)12-3-5-14(17)6-4-12/h3-6,9-11,15-16,19H,7-8H2,1-2H3/t11?,15-,16+/m1/s1. The van der Waals surface area contributed by atoms with Crippen LogP contribution in [-0.2, 0) is 0 Å². The lowest BCUT2D eigenvalue weighted by Crippen LogP contribution is -2.36. The smallest absolute Gasteiger partial charge is 0.123 e. The second kappa shape index (κ2) is 6.22. The van der Waals surface area contributed by atoms with Gasteiger partial charge in [-0.1, -0.05) is 12.1 Å². The van der Waals surface area contributed by atoms with E-state index in [1.807, 2.05) is 18.3 Å². The molecule has 0 amide bonds. The predicted octanol–water partition coefficient (Wildman–Crippen LogP) is 3.38. The van der Waals surface area contributed by atoms with E-state index >= 15 is 0 Å². The van der Waals surface area contributed by atoms with Crippen molar-refractivity contribution in [1.82, 2.24) is 14.6 Å². The van der Waals surface area contributed by atoms with Crippen LogP contribution in [0.1, 0.15) is 36.6 Å². The molecule has 1 fully saturated rings. The second-order valence-corrected chi connectivity index (χ2v) is 6.38. The third kappa shape index (κ3) is 3.15. The molecular weight excluding hydrogens is 285 g/mol. The van der Waals surface area contributed by atoms with Gasteiger partial charge >= 0.3 is 0 Å². The molecule has 1 saturated heterocycles. The molecule has 0 aliphatic carbocycles. The number of benzene rings is 1. The van der Waals surface area contributed by atoms with E-state index in [4.69, 9.17) is 0 Å². The highest BCUT2D eigenvalue weighted by atomic mass is 32.1. The zero-order valence-corrected chi connectivity index (χ0v) is 13.1. The molecule has 1 aliphatic heterocycles. The van der Waals surface area contributed by atoms with Crippen LogP contribution in [0.5, 0.6) is 0 Å². The topological polar surface area (TPSA) is 28.2 Å². The summed E-state index contributed by atoms with van der Waals surface area (Å²) in [6, 6.07) is 7.83. The number of nitrogens with zero attached hydrogens (tertiary/aromatic N) is 2. The Balaban J connectivity index is 1.76. The highest BCUT2D eigenvalue weighted by Crippen LogP contribution is 2.32. The van der Waals surface area contributed by atoms with Crippen LogP contribution >= 0.6 is 11.5 Å². The maximum Gasteiger partial charge on any atom is 0.123 e. The first kappa shape index (κ1) is 14.6. The molecule has 3 atom stereocenters. The van der Waals surface area contributed by atoms with Crippen molar-refractivity contribution >= 4 is 11.5 Å². The number of nitrogens with one attached hydrogen (secondary N) is 1. The summed E-state index contributed by atoms with van der Waals surface area (Å²) < 4.78 is 17.3. The first-order chi connectivity index (χ1) is 10.1. The van der Waals surface area contributed by atoms with Crippen molar-refractivity contribution in [3.05, 3.63) is 52.8 Å². The number of halogens is 1. The number of likely N-dealkylation sites (tertiary alicyclic amines) is 1. The summed E-state index contributed by atoms with van der Waals surface area (Å²) in [5.41, 5.74) is 2.40. The SMILES string of the molecule is CC(N[C@@H]1CCN(C)[C@H]1c1ccc(F)cc1)c1cnsc1. The van der Waals surface area contributed by atoms with Gasteiger partial charge < -0.3 is 5.32 Å². The van der Waals surface area contributed by atoms with Gasteiger partial charge in [0, 0.05) is 36.2 Å². The van der Waals surface area contributed by atoms with Crippen LogP contribution in [0.25, 0.3) is 0 Å². The van der Waals surface area contributed by atoms with Crippen LogP contribution in [0.3, 0.4) is 0 Å². The lowest BCUT2D eigenvalue weighted by Gasteiger charge is -2.28. The monoisotopic (exact) mass is 305 g/mol. The van der Waals surface area contributed by atoms with Crippen molar-refractivity contribution < 1.29 is 4.39 Å². The van der Waals surface area contributed by atoms with Crippen molar-refractivity contribution in [2.24, 2.45) is 0 Å². The van der Waals surface area contributed by atoms with Crippen LogP contribution in [-0.4, -0.2) is 28.9 Å². The van der Waals surface area contributed by atoms with Gasteiger partial charge in [0.2, 0.25) is 0 Å². The van der Waals surface area contributed by atoms with Gasteiger partial charge in [0.15, 0.2) is 0 Å². The first-order valence-corrected chi connectivity index (χ1v) is 8.10. The van der Waals surface area contributed by atoms with E-state index in [1.54, 1.807) is 12.1 Å². The Bertz CT molecular complexity index is 570. The van der Waals surface area contributed by atoms with Gasteiger partial charge in [0.05, 0.1) is 0 Å². The molecule has 1 N–H and O–H groups in total. The molecule has 1 unspecified atom stereocenters. The van der Waals surface area contributed by atoms with Crippen LogP contribution in [0, 0.1) is 5.82 Å². The number of hydrogen-bond donors (Lipinski definition) is 1. The van der Waals surface area contributed by atoms with E-state index in [1.165, 1.54) is 22.7 Å². The van der Waals surface area contributed by atoms with E-state index in [9.17, 15) is 4.39 Å². The van der Waals surface area contributed by atoms with Gasteiger partial charge in [-0.05, 0) is 55.2 Å². The largest absolute Gasteiger partial charge is 0.305 e. The lowest BCUT2D eigenvalue weighted by atomic mass is 9.99. The van der Waals surface area contributed by atoms with Gasteiger partial charge in [-0.2, -0.15) is 0 Å². The van der Waals surface area contributed by atoms with E-state index in [2.05, 4.69) is 33.9 Å². The van der Waals surface area contributed by atoms with E-state index in [-0.39, 0.29) is 11.9 Å². The summed E-state index contributed by atoms with van der Waals surface area (Å²) in [4.78, 5) is 2.34. The van der Waals surface area contributed by atoms with Gasteiger partial charge in [0.25, 0.3) is 0 Å². The molecule has 0 bridgehead atoms. The first-order valence-electron chi connectivity index (χ1n) is 7.26. The lowest BCUT2D eigenvalue weighted by molar-refractivity contribution is 0.278. The van der Waals surface area contributed by atoms with E-state index in [0.717, 1.165) is 13.0 Å². The molecule has 0 radical (unpaired) electrons. The van der Waals surface area contributed by atoms with Gasteiger partial charge in [0.1, 0.15) is 5.82 Å². The fourth-order valence-electron chi connectivity index (χ4n) is 3.11. The average molecular weight is 305 g/mol. The molecule has 1 aromatic heterocycles. The Hall–Kier alpha value is -1.30. The molecule has 1 aliphatic rings. The maximum absolute atomic E-state index is 13.1. The Morgan fingerprint density at radius 1 is 1.38 bits per heavy atom. The number of aromatic nitrogens is 1. The average Bonchev–Trinajstić information content (AvgIpc) is 3.11. The third-order valence-corrected chi connectivity index (χ3v) is 4.88. The zero-order valence-electron chi connectivity index (χ0n) is 12.3. The fourth-order valence-corrected chi connectivity index (χ4v) is 3.74. The minimum atomic E-state index is -0.179. The summed E-state index contributed by atoms with van der Waals surface area (Å²) in [5.74, 6) is -0.179. The molecule has 0 saturated carbocycles. The van der Waals surface area contributed by atoms with Gasteiger partial charge in [-0.3, -0.25) is 4.90 Å². The maximum atomic E-state index is 13.1. The summed E-state index contributed by atoms with van der Waals surface area (Å²) in [7, 11) is 2.13. The van der Waals surface area contributed by atoms with E-state index < -0.39 is 0 Å². The summed E-state index contributed by atoms with van der Waals surface area (Å²) in [6.45, 7) is 3.22. The van der Waals surface area contributed by atoms with Crippen LogP contribution in [0.2, 0.25) is 0 Å². The van der Waals surface area contributed by atoms with Gasteiger partial charge in [-0.15, -0.1) is 0 Å². The Morgan fingerprint density at radius 3 is 2.81 bits per heavy atom. The second-order valence-electron chi connectivity index (χ2n) is 5.72. The van der Waals surface area contributed by atoms with Crippen molar-refractivity contribution in [2.45, 2.75) is 31.5 Å².